The Morgan fingerprint density at radius 1 is 1.43 bits per heavy atom. The fourth-order valence-corrected chi connectivity index (χ4v) is 3.37. The lowest BCUT2D eigenvalue weighted by Gasteiger charge is -2.50. The molecule has 8 nitrogen and oxygen atoms in total. The fourth-order valence-electron chi connectivity index (χ4n) is 3.37. The molecule has 2 rings (SSSR count). The van der Waals surface area contributed by atoms with E-state index in [1.807, 2.05) is 13.8 Å². The summed E-state index contributed by atoms with van der Waals surface area (Å²) >= 11 is 0. The maximum Gasteiger partial charge on any atom is 0.302 e. The molecule has 2 fully saturated rings. The Morgan fingerprint density at radius 2 is 2.09 bits per heavy atom. The van der Waals surface area contributed by atoms with Gasteiger partial charge in [-0.05, 0) is 6.92 Å². The molecule has 0 aromatic carbocycles. The molecule has 0 radical (unpaired) electrons. The number of rotatable bonds is 7. The number of hydrogen-bond acceptors (Lipinski definition) is 8. The smallest absolute Gasteiger partial charge is 0.302 e. The van der Waals surface area contributed by atoms with Crippen molar-refractivity contribution < 1.29 is 38.6 Å². The van der Waals surface area contributed by atoms with Crippen LogP contribution in [0.4, 0.5) is 0 Å². The summed E-state index contributed by atoms with van der Waals surface area (Å²) in [6.45, 7) is 7.69. The molecular weight excluding hydrogens is 308 g/mol. The van der Waals surface area contributed by atoms with Crippen LogP contribution in [0.2, 0.25) is 0 Å². The Hall–Kier alpha value is -0.770. The molecule has 2 heterocycles. The molecule has 0 bridgehead atoms. The number of carbonyl (C=O) groups is 1. The summed E-state index contributed by atoms with van der Waals surface area (Å²) < 4.78 is 28.1. The van der Waals surface area contributed by atoms with Crippen molar-refractivity contribution in [3.8, 4) is 0 Å². The van der Waals surface area contributed by atoms with E-state index < -0.39 is 30.3 Å². The number of esters is 1. The monoisotopic (exact) mass is 334 g/mol. The highest BCUT2D eigenvalue weighted by Gasteiger charge is 2.62. The van der Waals surface area contributed by atoms with Gasteiger partial charge in [0.1, 0.15) is 18.3 Å². The number of epoxide rings is 1. The zero-order valence-corrected chi connectivity index (χ0v) is 14.2. The third kappa shape index (κ3) is 3.52. The Balaban J connectivity index is 2.33. The van der Waals surface area contributed by atoms with Crippen LogP contribution in [0.1, 0.15) is 27.7 Å². The van der Waals surface area contributed by atoms with Gasteiger partial charge in [-0.1, -0.05) is 13.8 Å². The Labute approximate surface area is 135 Å². The van der Waals surface area contributed by atoms with E-state index in [2.05, 4.69) is 4.89 Å². The third-order valence-electron chi connectivity index (χ3n) is 4.59. The van der Waals surface area contributed by atoms with Crippen molar-refractivity contribution in [2.24, 2.45) is 11.8 Å². The van der Waals surface area contributed by atoms with E-state index in [0.29, 0.717) is 13.2 Å². The number of ether oxygens (including phenoxy) is 5. The summed E-state index contributed by atoms with van der Waals surface area (Å²) in [7, 11) is 1.52. The highest BCUT2D eigenvalue weighted by atomic mass is 17.1. The van der Waals surface area contributed by atoms with E-state index in [9.17, 15) is 10.1 Å². The summed E-state index contributed by atoms with van der Waals surface area (Å²) in [6.07, 6.45) is -2.47. The molecule has 2 aliphatic heterocycles. The minimum absolute atomic E-state index is 0.267. The van der Waals surface area contributed by atoms with Gasteiger partial charge in [0, 0.05) is 26.6 Å². The topological polar surface area (TPSA) is 96.0 Å². The van der Waals surface area contributed by atoms with Gasteiger partial charge >= 0.3 is 5.97 Å². The maximum absolute atomic E-state index is 11.5. The standard InChI is InChI=1S/C15H26O8/c1-6-19-14(23-17)13-8(2)12(21-10(4)16)9(3)15(18-5,22-13)11-7-20-11/h8-9,11-14,17H,6-7H2,1-5H3/t8-,9+,11+,12+,13+,14+,15-/m0/s1. The van der Waals surface area contributed by atoms with Gasteiger partial charge in [-0.2, -0.15) is 0 Å². The molecule has 8 heteroatoms. The quantitative estimate of drug-likeness (QED) is 0.244. The molecule has 0 aromatic rings. The molecule has 7 atom stereocenters. The average molecular weight is 334 g/mol. The maximum atomic E-state index is 11.5. The molecule has 0 aromatic heterocycles. The number of hydrogen-bond donors (Lipinski definition) is 1. The Kier molecular flexibility index (Phi) is 5.99. The second-order valence-corrected chi connectivity index (χ2v) is 5.98. The van der Waals surface area contributed by atoms with Gasteiger partial charge in [-0.25, -0.2) is 10.1 Å². The molecule has 0 unspecified atom stereocenters. The predicted octanol–water partition coefficient (Wildman–Crippen LogP) is 1.18. The molecule has 0 amide bonds. The molecular formula is C15H26O8. The first kappa shape index (κ1) is 18.6. The van der Waals surface area contributed by atoms with Crippen LogP contribution >= 0.6 is 0 Å². The fraction of sp³-hybridized carbons (Fsp3) is 0.933. The van der Waals surface area contributed by atoms with Crippen LogP contribution in [-0.4, -0.2) is 61.9 Å². The zero-order chi connectivity index (χ0) is 17.2. The second kappa shape index (κ2) is 7.42. The number of methoxy groups -OCH3 is 1. The van der Waals surface area contributed by atoms with Crippen molar-refractivity contribution in [1.29, 1.82) is 0 Å². The van der Waals surface area contributed by atoms with E-state index in [-0.39, 0.29) is 17.9 Å². The minimum atomic E-state index is -1.09. The van der Waals surface area contributed by atoms with E-state index in [0.717, 1.165) is 0 Å². The van der Waals surface area contributed by atoms with Gasteiger partial charge in [0.15, 0.2) is 0 Å². The summed E-state index contributed by atoms with van der Waals surface area (Å²) in [5.41, 5.74) is 0. The average Bonchev–Trinajstić information content (AvgIpc) is 3.35. The lowest BCUT2D eigenvalue weighted by Crippen LogP contribution is -2.64. The Morgan fingerprint density at radius 3 is 2.52 bits per heavy atom. The normalized spacial score (nSPS) is 41.4. The third-order valence-corrected chi connectivity index (χ3v) is 4.59. The molecule has 0 saturated carbocycles. The van der Waals surface area contributed by atoms with E-state index in [1.54, 1.807) is 6.92 Å². The van der Waals surface area contributed by atoms with Gasteiger partial charge in [0.25, 0.3) is 0 Å². The molecule has 134 valence electrons. The zero-order valence-electron chi connectivity index (χ0n) is 14.2. The van der Waals surface area contributed by atoms with Crippen molar-refractivity contribution in [3.63, 3.8) is 0 Å². The van der Waals surface area contributed by atoms with Gasteiger partial charge in [-0.3, -0.25) is 4.79 Å². The van der Waals surface area contributed by atoms with Gasteiger partial charge in [0.2, 0.25) is 12.1 Å². The van der Waals surface area contributed by atoms with Crippen LogP contribution < -0.4 is 0 Å². The van der Waals surface area contributed by atoms with Gasteiger partial charge in [-0.15, -0.1) is 0 Å². The van der Waals surface area contributed by atoms with E-state index in [4.69, 9.17) is 23.7 Å². The Bertz CT molecular complexity index is 412. The molecule has 2 aliphatic rings. The highest BCUT2D eigenvalue weighted by molar-refractivity contribution is 5.66. The van der Waals surface area contributed by atoms with Crippen molar-refractivity contribution in [2.45, 2.75) is 58.1 Å². The molecule has 0 aliphatic carbocycles. The van der Waals surface area contributed by atoms with Crippen LogP contribution in [0.15, 0.2) is 0 Å². The van der Waals surface area contributed by atoms with E-state index >= 15 is 0 Å². The molecule has 0 spiro atoms. The highest BCUT2D eigenvalue weighted by Crippen LogP contribution is 2.46. The first-order valence-electron chi connectivity index (χ1n) is 7.84. The molecule has 23 heavy (non-hydrogen) atoms. The van der Waals surface area contributed by atoms with Crippen molar-refractivity contribution in [2.75, 3.05) is 20.3 Å². The largest absolute Gasteiger partial charge is 0.462 e. The molecule has 1 N–H and O–H groups in total. The van der Waals surface area contributed by atoms with Crippen LogP contribution in [0, 0.1) is 11.8 Å². The van der Waals surface area contributed by atoms with Crippen molar-refractivity contribution in [1.82, 2.24) is 0 Å². The summed E-state index contributed by atoms with van der Waals surface area (Å²) in [5.74, 6) is -2.03. The lowest BCUT2D eigenvalue weighted by atomic mass is 9.79. The number of carbonyl (C=O) groups excluding carboxylic acids is 1. The lowest BCUT2D eigenvalue weighted by molar-refractivity contribution is -0.417. The first-order valence-corrected chi connectivity index (χ1v) is 7.84. The second-order valence-electron chi connectivity index (χ2n) is 5.98. The van der Waals surface area contributed by atoms with Gasteiger partial charge < -0.3 is 23.7 Å². The van der Waals surface area contributed by atoms with Crippen LogP contribution in [0.5, 0.6) is 0 Å². The van der Waals surface area contributed by atoms with Crippen molar-refractivity contribution in [3.05, 3.63) is 0 Å². The van der Waals surface area contributed by atoms with Gasteiger partial charge in [0.05, 0.1) is 12.5 Å². The predicted molar refractivity (Wildman–Crippen MR) is 77.4 cm³/mol. The van der Waals surface area contributed by atoms with Crippen molar-refractivity contribution >= 4 is 5.97 Å². The van der Waals surface area contributed by atoms with E-state index in [1.165, 1.54) is 14.0 Å². The SMILES string of the molecule is CCO[C@H](OO)[C@@H]1O[C@](OC)([C@H]2CO2)[C@H](C)[C@H](OC(C)=O)[C@@H]1C. The van der Waals surface area contributed by atoms with Crippen LogP contribution in [-0.2, 0) is 33.4 Å². The minimum Gasteiger partial charge on any atom is -0.462 e. The van der Waals surface area contributed by atoms with Crippen LogP contribution in [0.25, 0.3) is 0 Å². The molecule has 2 saturated heterocycles. The van der Waals surface area contributed by atoms with Crippen LogP contribution in [0.3, 0.4) is 0 Å². The summed E-state index contributed by atoms with van der Waals surface area (Å²) in [6, 6.07) is 0. The summed E-state index contributed by atoms with van der Waals surface area (Å²) in [4.78, 5) is 16.0. The summed E-state index contributed by atoms with van der Waals surface area (Å²) in [5, 5.41) is 9.17. The first-order chi connectivity index (χ1) is 10.9.